The molecule has 20 heavy (non-hydrogen) atoms. The summed E-state index contributed by atoms with van der Waals surface area (Å²) in [7, 11) is 0. The molecule has 7 nitrogen and oxygen atoms in total. The van der Waals surface area contributed by atoms with E-state index < -0.39 is 5.97 Å². The minimum atomic E-state index is -0.826. The van der Waals surface area contributed by atoms with Crippen LogP contribution in [0.5, 0.6) is 0 Å². The largest absolute Gasteiger partial charge is 0.481 e. The molecule has 0 aliphatic carbocycles. The van der Waals surface area contributed by atoms with Crippen LogP contribution in [-0.4, -0.2) is 31.3 Å². The van der Waals surface area contributed by atoms with Gasteiger partial charge in [-0.1, -0.05) is 18.2 Å². The van der Waals surface area contributed by atoms with Gasteiger partial charge >= 0.3 is 5.97 Å². The Balaban J connectivity index is 1.91. The molecule has 1 aromatic carbocycles. The first-order chi connectivity index (χ1) is 9.75. The second-order valence-corrected chi connectivity index (χ2v) is 4.37. The van der Waals surface area contributed by atoms with Gasteiger partial charge in [-0.05, 0) is 22.9 Å². The maximum atomic E-state index is 10.5. The van der Waals surface area contributed by atoms with Crippen LogP contribution in [0.25, 0.3) is 22.4 Å². The predicted molar refractivity (Wildman–Crippen MR) is 69.9 cm³/mol. The molecule has 0 spiro atoms. The molecule has 3 rings (SSSR count). The Morgan fingerprint density at radius 2 is 2.20 bits per heavy atom. The summed E-state index contributed by atoms with van der Waals surface area (Å²) in [6.07, 6.45) is 2.18. The van der Waals surface area contributed by atoms with E-state index in [1.54, 1.807) is 10.9 Å². The van der Waals surface area contributed by atoms with Crippen LogP contribution in [0.15, 0.2) is 34.9 Å². The van der Waals surface area contributed by atoms with Crippen molar-refractivity contribution >= 4 is 16.9 Å². The van der Waals surface area contributed by atoms with E-state index >= 15 is 0 Å². The first-order valence-corrected chi connectivity index (χ1v) is 6.20. The number of tetrazole rings is 1. The zero-order valence-electron chi connectivity index (χ0n) is 10.6. The number of aromatic nitrogens is 4. The van der Waals surface area contributed by atoms with Crippen LogP contribution in [0.3, 0.4) is 0 Å². The molecule has 0 saturated heterocycles. The fourth-order valence-corrected chi connectivity index (χ4v) is 2.08. The minimum absolute atomic E-state index is 0.0887. The molecule has 0 saturated carbocycles. The molecule has 2 aromatic heterocycles. The third-order valence-electron chi connectivity index (χ3n) is 3.01. The highest BCUT2D eigenvalue weighted by Gasteiger charge is 2.14. The number of carboxylic acids is 1. The fourth-order valence-electron chi connectivity index (χ4n) is 2.08. The lowest BCUT2D eigenvalue weighted by Gasteiger charge is -2.01. The lowest BCUT2D eigenvalue weighted by molar-refractivity contribution is -0.137. The SMILES string of the molecule is O=C(O)CCCn1nnnc1-c1coc2ccccc12. The van der Waals surface area contributed by atoms with Crippen molar-refractivity contribution in [3.63, 3.8) is 0 Å². The lowest BCUT2D eigenvalue weighted by Crippen LogP contribution is -2.05. The van der Waals surface area contributed by atoms with Crippen LogP contribution in [0.2, 0.25) is 0 Å². The summed E-state index contributed by atoms with van der Waals surface area (Å²) in [4.78, 5) is 10.5. The van der Waals surface area contributed by atoms with E-state index in [-0.39, 0.29) is 6.42 Å². The highest BCUT2D eigenvalue weighted by Crippen LogP contribution is 2.28. The van der Waals surface area contributed by atoms with Crippen LogP contribution in [-0.2, 0) is 11.3 Å². The molecule has 0 radical (unpaired) electrons. The molecular weight excluding hydrogens is 260 g/mol. The van der Waals surface area contributed by atoms with Gasteiger partial charge < -0.3 is 9.52 Å². The van der Waals surface area contributed by atoms with E-state index in [0.717, 1.165) is 16.5 Å². The van der Waals surface area contributed by atoms with Gasteiger partial charge in [0.15, 0.2) is 5.82 Å². The van der Waals surface area contributed by atoms with Crippen molar-refractivity contribution in [2.75, 3.05) is 0 Å². The lowest BCUT2D eigenvalue weighted by atomic mass is 10.1. The van der Waals surface area contributed by atoms with E-state index in [0.29, 0.717) is 18.8 Å². The number of furan rings is 1. The predicted octanol–water partition coefficient (Wildman–Crippen LogP) is 1.95. The molecule has 2 heterocycles. The van der Waals surface area contributed by atoms with Crippen molar-refractivity contribution in [2.24, 2.45) is 0 Å². The van der Waals surface area contributed by atoms with Crippen molar-refractivity contribution in [3.05, 3.63) is 30.5 Å². The number of para-hydroxylation sites is 1. The van der Waals surface area contributed by atoms with Crippen molar-refractivity contribution in [2.45, 2.75) is 19.4 Å². The van der Waals surface area contributed by atoms with Gasteiger partial charge in [-0.15, -0.1) is 5.10 Å². The molecular formula is C13H12N4O3. The van der Waals surface area contributed by atoms with Gasteiger partial charge in [0.1, 0.15) is 11.8 Å². The molecule has 0 amide bonds. The smallest absolute Gasteiger partial charge is 0.303 e. The number of aryl methyl sites for hydroxylation is 1. The van der Waals surface area contributed by atoms with Crippen LogP contribution in [0.4, 0.5) is 0 Å². The monoisotopic (exact) mass is 272 g/mol. The molecule has 102 valence electrons. The first-order valence-electron chi connectivity index (χ1n) is 6.20. The summed E-state index contributed by atoms with van der Waals surface area (Å²) < 4.78 is 7.06. The van der Waals surface area contributed by atoms with Crippen molar-refractivity contribution in [3.8, 4) is 11.4 Å². The molecule has 3 aromatic rings. The number of aliphatic carboxylic acids is 1. The van der Waals surface area contributed by atoms with Gasteiger partial charge in [-0.25, -0.2) is 4.68 Å². The van der Waals surface area contributed by atoms with E-state index in [2.05, 4.69) is 15.5 Å². The van der Waals surface area contributed by atoms with Crippen molar-refractivity contribution in [1.82, 2.24) is 20.2 Å². The van der Waals surface area contributed by atoms with E-state index in [1.807, 2.05) is 24.3 Å². The number of carboxylic acid groups (broad SMARTS) is 1. The number of benzene rings is 1. The summed E-state index contributed by atoms with van der Waals surface area (Å²) >= 11 is 0. The molecule has 0 aliphatic rings. The molecule has 0 bridgehead atoms. The zero-order chi connectivity index (χ0) is 13.9. The maximum Gasteiger partial charge on any atom is 0.303 e. The van der Waals surface area contributed by atoms with Gasteiger partial charge in [0, 0.05) is 18.4 Å². The number of hydrogen-bond acceptors (Lipinski definition) is 5. The van der Waals surface area contributed by atoms with Crippen molar-refractivity contribution in [1.29, 1.82) is 0 Å². The van der Waals surface area contributed by atoms with E-state index in [9.17, 15) is 4.79 Å². The van der Waals surface area contributed by atoms with Crippen LogP contribution in [0.1, 0.15) is 12.8 Å². The topological polar surface area (TPSA) is 94.0 Å². The molecule has 1 N–H and O–H groups in total. The van der Waals surface area contributed by atoms with Gasteiger partial charge in [0.25, 0.3) is 0 Å². The van der Waals surface area contributed by atoms with Crippen LogP contribution < -0.4 is 0 Å². The summed E-state index contributed by atoms with van der Waals surface area (Å²) in [6, 6.07) is 7.62. The maximum absolute atomic E-state index is 10.5. The highest BCUT2D eigenvalue weighted by atomic mass is 16.4. The van der Waals surface area contributed by atoms with Crippen LogP contribution >= 0.6 is 0 Å². The van der Waals surface area contributed by atoms with Gasteiger partial charge in [0.2, 0.25) is 0 Å². The summed E-state index contributed by atoms with van der Waals surface area (Å²) in [6.45, 7) is 0.453. The molecule has 0 aliphatic heterocycles. The van der Waals surface area contributed by atoms with Gasteiger partial charge in [0.05, 0.1) is 5.56 Å². The summed E-state index contributed by atoms with van der Waals surface area (Å²) in [5, 5.41) is 21.1. The fraction of sp³-hybridized carbons (Fsp3) is 0.231. The average Bonchev–Trinajstić information content (AvgIpc) is 3.04. The third-order valence-corrected chi connectivity index (χ3v) is 3.01. The van der Waals surface area contributed by atoms with Gasteiger partial charge in [-0.3, -0.25) is 4.79 Å². The number of hydrogen-bond donors (Lipinski definition) is 1. The second kappa shape index (κ2) is 5.12. The number of rotatable bonds is 5. The third kappa shape index (κ3) is 2.25. The highest BCUT2D eigenvalue weighted by molar-refractivity contribution is 5.91. The number of carbonyl (C=O) groups is 1. The quantitative estimate of drug-likeness (QED) is 0.762. The number of nitrogens with zero attached hydrogens (tertiary/aromatic N) is 4. The average molecular weight is 272 g/mol. The van der Waals surface area contributed by atoms with Crippen molar-refractivity contribution < 1.29 is 14.3 Å². The normalized spacial score (nSPS) is 11.0. The molecule has 0 atom stereocenters. The first kappa shape index (κ1) is 12.3. The molecule has 0 fully saturated rings. The molecule has 7 heteroatoms. The standard InChI is InChI=1S/C13H12N4O3/c18-12(19)6-3-7-17-13(14-15-16-17)10-8-20-11-5-2-1-4-9(10)11/h1-2,4-5,8H,3,6-7H2,(H,18,19). The summed E-state index contributed by atoms with van der Waals surface area (Å²) in [5.41, 5.74) is 1.57. The van der Waals surface area contributed by atoms with E-state index in [1.165, 1.54) is 0 Å². The Bertz CT molecular complexity index is 747. The Morgan fingerprint density at radius 1 is 1.35 bits per heavy atom. The van der Waals surface area contributed by atoms with Crippen LogP contribution in [0, 0.1) is 0 Å². The Morgan fingerprint density at radius 3 is 3.05 bits per heavy atom. The second-order valence-electron chi connectivity index (χ2n) is 4.37. The number of fused-ring (bicyclic) bond motifs is 1. The molecule has 0 unspecified atom stereocenters. The van der Waals surface area contributed by atoms with E-state index in [4.69, 9.17) is 9.52 Å². The zero-order valence-corrected chi connectivity index (χ0v) is 10.6. The Labute approximate surface area is 113 Å². The minimum Gasteiger partial charge on any atom is -0.481 e. The van der Waals surface area contributed by atoms with Gasteiger partial charge in [-0.2, -0.15) is 0 Å². The summed E-state index contributed by atoms with van der Waals surface area (Å²) in [5.74, 6) is -0.242. The Kier molecular flexibility index (Phi) is 3.16. The Hall–Kier alpha value is -2.70.